The van der Waals surface area contributed by atoms with E-state index in [1.807, 2.05) is 18.2 Å². The molecule has 3 heterocycles. The first-order valence-corrected chi connectivity index (χ1v) is 9.32. The summed E-state index contributed by atoms with van der Waals surface area (Å²) in [6.07, 6.45) is 1.61. The topological polar surface area (TPSA) is 41.6 Å². The van der Waals surface area contributed by atoms with Crippen molar-refractivity contribution in [2.24, 2.45) is 0 Å². The van der Waals surface area contributed by atoms with Crippen LogP contribution in [0.4, 0.5) is 0 Å². The standard InChI is InChI=1S/C17H17BrN2O2S/c18-15-6-5-12(23-15)11-20-9-7-17(8-10-20)19-16(21)13-3-1-2-4-14(13)22-17/h1-6H,7-11H2,(H,19,21). The van der Waals surface area contributed by atoms with Gasteiger partial charge < -0.3 is 10.1 Å². The van der Waals surface area contributed by atoms with Gasteiger partial charge in [-0.3, -0.25) is 9.69 Å². The number of benzene rings is 1. The second-order valence-corrected chi connectivity index (χ2v) is 8.58. The maximum atomic E-state index is 12.3. The summed E-state index contributed by atoms with van der Waals surface area (Å²) in [6.45, 7) is 2.78. The van der Waals surface area contributed by atoms with Crippen molar-refractivity contribution in [2.75, 3.05) is 13.1 Å². The number of fused-ring (bicyclic) bond motifs is 1. The summed E-state index contributed by atoms with van der Waals surface area (Å²) in [5.74, 6) is 0.675. The third-order valence-corrected chi connectivity index (χ3v) is 6.06. The minimum atomic E-state index is -0.544. The van der Waals surface area contributed by atoms with Crippen molar-refractivity contribution < 1.29 is 9.53 Å². The number of piperidine rings is 1. The predicted octanol–water partition coefficient (Wildman–Crippen LogP) is 3.63. The van der Waals surface area contributed by atoms with Crippen LogP contribution in [0.5, 0.6) is 5.75 Å². The SMILES string of the molecule is O=C1NC2(CCN(Cc3ccc(Br)s3)CC2)Oc2ccccc21. The molecule has 23 heavy (non-hydrogen) atoms. The minimum Gasteiger partial charge on any atom is -0.467 e. The lowest BCUT2D eigenvalue weighted by atomic mass is 9.97. The van der Waals surface area contributed by atoms with E-state index in [9.17, 15) is 4.79 Å². The van der Waals surface area contributed by atoms with E-state index in [1.165, 1.54) is 8.66 Å². The molecule has 120 valence electrons. The normalized spacial score (nSPS) is 20.0. The van der Waals surface area contributed by atoms with Crippen molar-refractivity contribution in [1.29, 1.82) is 0 Å². The highest BCUT2D eigenvalue weighted by atomic mass is 79.9. The van der Waals surface area contributed by atoms with Crippen LogP contribution in [-0.4, -0.2) is 29.6 Å². The van der Waals surface area contributed by atoms with Crippen LogP contribution in [0.3, 0.4) is 0 Å². The van der Waals surface area contributed by atoms with Crippen molar-refractivity contribution in [2.45, 2.75) is 25.1 Å². The molecule has 4 nitrogen and oxygen atoms in total. The molecule has 0 aliphatic carbocycles. The molecule has 0 unspecified atom stereocenters. The number of halogens is 1. The smallest absolute Gasteiger partial charge is 0.258 e. The lowest BCUT2D eigenvalue weighted by Crippen LogP contribution is -2.60. The Labute approximate surface area is 147 Å². The molecule has 2 aliphatic heterocycles. The fourth-order valence-corrected chi connectivity index (χ4v) is 4.74. The number of carbonyl (C=O) groups excluding carboxylic acids is 1. The largest absolute Gasteiger partial charge is 0.467 e. The van der Waals surface area contributed by atoms with Crippen LogP contribution >= 0.6 is 27.3 Å². The summed E-state index contributed by atoms with van der Waals surface area (Å²) in [5, 5.41) is 3.08. The molecule has 2 aromatic rings. The molecule has 6 heteroatoms. The Bertz CT molecular complexity index is 738. The van der Waals surface area contributed by atoms with Gasteiger partial charge in [0.1, 0.15) is 5.75 Å². The lowest BCUT2D eigenvalue weighted by molar-refractivity contribution is -0.0302. The first kappa shape index (κ1) is 15.2. The summed E-state index contributed by atoms with van der Waals surface area (Å²) in [4.78, 5) is 16.1. The Balaban J connectivity index is 1.44. The van der Waals surface area contributed by atoms with Crippen LogP contribution in [0.15, 0.2) is 40.2 Å². The molecular formula is C17H17BrN2O2S. The fraction of sp³-hybridized carbons (Fsp3) is 0.353. The molecule has 0 saturated carbocycles. The number of carbonyl (C=O) groups is 1. The molecule has 2 aliphatic rings. The molecular weight excluding hydrogens is 376 g/mol. The molecule has 1 aromatic heterocycles. The van der Waals surface area contributed by atoms with Crippen molar-refractivity contribution >= 4 is 33.2 Å². The summed E-state index contributed by atoms with van der Waals surface area (Å²) >= 11 is 5.28. The Morgan fingerprint density at radius 1 is 1.22 bits per heavy atom. The third-order valence-electron chi connectivity index (χ3n) is 4.45. The minimum absolute atomic E-state index is 0.0255. The van der Waals surface area contributed by atoms with E-state index >= 15 is 0 Å². The van der Waals surface area contributed by atoms with Gasteiger partial charge in [0, 0.05) is 37.4 Å². The number of nitrogens with one attached hydrogen (secondary N) is 1. The van der Waals surface area contributed by atoms with E-state index in [4.69, 9.17) is 4.74 Å². The molecule has 1 saturated heterocycles. The van der Waals surface area contributed by atoms with E-state index in [-0.39, 0.29) is 5.91 Å². The second-order valence-electron chi connectivity index (χ2n) is 6.03. The van der Waals surface area contributed by atoms with Gasteiger partial charge in [-0.05, 0) is 40.2 Å². The molecule has 1 amide bonds. The summed E-state index contributed by atoms with van der Waals surface area (Å²) in [7, 11) is 0. The van der Waals surface area contributed by atoms with Crippen LogP contribution in [0.2, 0.25) is 0 Å². The van der Waals surface area contributed by atoms with Gasteiger partial charge in [0.05, 0.1) is 9.35 Å². The van der Waals surface area contributed by atoms with Crippen molar-refractivity contribution in [3.63, 3.8) is 0 Å². The number of hydrogen-bond donors (Lipinski definition) is 1. The van der Waals surface area contributed by atoms with Crippen molar-refractivity contribution in [3.05, 3.63) is 50.6 Å². The number of amides is 1. The van der Waals surface area contributed by atoms with E-state index in [0.717, 1.165) is 32.5 Å². The van der Waals surface area contributed by atoms with Gasteiger partial charge in [0.2, 0.25) is 0 Å². The summed E-state index contributed by atoms with van der Waals surface area (Å²) < 4.78 is 7.34. The molecule has 1 N–H and O–H groups in total. The highest BCUT2D eigenvalue weighted by Gasteiger charge is 2.42. The van der Waals surface area contributed by atoms with Crippen LogP contribution in [0.1, 0.15) is 28.1 Å². The van der Waals surface area contributed by atoms with Gasteiger partial charge in [-0.1, -0.05) is 12.1 Å². The quantitative estimate of drug-likeness (QED) is 0.848. The first-order valence-electron chi connectivity index (χ1n) is 7.71. The Kier molecular flexibility index (Phi) is 3.91. The van der Waals surface area contributed by atoms with Crippen molar-refractivity contribution in [1.82, 2.24) is 10.2 Å². The van der Waals surface area contributed by atoms with E-state index < -0.39 is 5.72 Å². The molecule has 0 bridgehead atoms. The number of para-hydroxylation sites is 1. The molecule has 1 fully saturated rings. The maximum Gasteiger partial charge on any atom is 0.258 e. The molecule has 1 spiro atoms. The van der Waals surface area contributed by atoms with Crippen LogP contribution in [0, 0.1) is 0 Å². The van der Waals surface area contributed by atoms with Crippen molar-refractivity contribution in [3.8, 4) is 5.75 Å². The number of rotatable bonds is 2. The van der Waals surface area contributed by atoms with Gasteiger partial charge in [-0.25, -0.2) is 0 Å². The number of ether oxygens (including phenoxy) is 1. The highest BCUT2D eigenvalue weighted by Crippen LogP contribution is 2.34. The summed E-state index contributed by atoms with van der Waals surface area (Å²) in [5.41, 5.74) is 0.0850. The zero-order chi connectivity index (χ0) is 15.9. The first-order chi connectivity index (χ1) is 11.1. The van der Waals surface area contributed by atoms with Crippen LogP contribution < -0.4 is 10.1 Å². The fourth-order valence-electron chi connectivity index (χ4n) is 3.21. The highest BCUT2D eigenvalue weighted by molar-refractivity contribution is 9.11. The zero-order valence-corrected chi connectivity index (χ0v) is 15.0. The Hall–Kier alpha value is -1.37. The number of thiophene rings is 1. The third kappa shape index (κ3) is 3.03. The monoisotopic (exact) mass is 392 g/mol. The average molecular weight is 393 g/mol. The summed E-state index contributed by atoms with van der Waals surface area (Å²) in [6, 6.07) is 11.7. The van der Waals surface area contributed by atoms with Crippen LogP contribution in [-0.2, 0) is 6.54 Å². The number of likely N-dealkylation sites (tertiary alicyclic amines) is 1. The van der Waals surface area contributed by atoms with Gasteiger partial charge in [-0.15, -0.1) is 11.3 Å². The number of nitrogens with zero attached hydrogens (tertiary/aromatic N) is 1. The van der Waals surface area contributed by atoms with Gasteiger partial charge in [0.15, 0.2) is 5.72 Å². The lowest BCUT2D eigenvalue weighted by Gasteiger charge is -2.44. The van der Waals surface area contributed by atoms with Gasteiger partial charge in [0.25, 0.3) is 5.91 Å². The van der Waals surface area contributed by atoms with E-state index in [2.05, 4.69) is 38.3 Å². The maximum absolute atomic E-state index is 12.3. The average Bonchev–Trinajstić information content (AvgIpc) is 2.95. The van der Waals surface area contributed by atoms with Gasteiger partial charge >= 0.3 is 0 Å². The van der Waals surface area contributed by atoms with E-state index in [0.29, 0.717) is 11.3 Å². The second kappa shape index (κ2) is 5.92. The molecule has 0 radical (unpaired) electrons. The van der Waals surface area contributed by atoms with Gasteiger partial charge in [-0.2, -0.15) is 0 Å². The Morgan fingerprint density at radius 2 is 2.00 bits per heavy atom. The molecule has 1 aromatic carbocycles. The Morgan fingerprint density at radius 3 is 2.74 bits per heavy atom. The number of hydrogen-bond acceptors (Lipinski definition) is 4. The predicted molar refractivity (Wildman–Crippen MR) is 93.8 cm³/mol. The zero-order valence-electron chi connectivity index (χ0n) is 12.5. The van der Waals surface area contributed by atoms with Crippen LogP contribution in [0.25, 0.3) is 0 Å². The van der Waals surface area contributed by atoms with E-state index in [1.54, 1.807) is 17.4 Å². The molecule has 0 atom stereocenters. The molecule has 4 rings (SSSR count).